The van der Waals surface area contributed by atoms with Crippen molar-refractivity contribution in [1.29, 1.82) is 0 Å². The van der Waals surface area contributed by atoms with Crippen molar-refractivity contribution >= 4 is 21.4 Å². The second-order valence-electron chi connectivity index (χ2n) is 4.22. The van der Waals surface area contributed by atoms with Gasteiger partial charge in [-0.2, -0.15) is 0 Å². The lowest BCUT2D eigenvalue weighted by atomic mass is 10.1. The SMILES string of the molecule is O=S(=O)(C1=CC=C(Cl)C[C@H](O)[C@@H]1O)c1ccccc1. The lowest BCUT2D eigenvalue weighted by Crippen LogP contribution is -2.30. The largest absolute Gasteiger partial charge is 0.390 e. The van der Waals surface area contributed by atoms with Gasteiger partial charge in [-0.3, -0.25) is 0 Å². The summed E-state index contributed by atoms with van der Waals surface area (Å²) < 4.78 is 24.8. The fourth-order valence-electron chi connectivity index (χ4n) is 1.82. The first-order chi connectivity index (χ1) is 8.93. The molecular weight excluding hydrogens is 288 g/mol. The Morgan fingerprint density at radius 2 is 1.74 bits per heavy atom. The van der Waals surface area contributed by atoms with E-state index in [1.54, 1.807) is 18.2 Å². The van der Waals surface area contributed by atoms with Crippen LogP contribution < -0.4 is 0 Å². The van der Waals surface area contributed by atoms with Crippen molar-refractivity contribution in [2.75, 3.05) is 0 Å². The number of benzene rings is 1. The predicted molar refractivity (Wildman–Crippen MR) is 72.3 cm³/mol. The molecule has 1 aliphatic carbocycles. The molecule has 0 saturated heterocycles. The Balaban J connectivity index is 2.50. The summed E-state index contributed by atoms with van der Waals surface area (Å²) in [6.45, 7) is 0. The van der Waals surface area contributed by atoms with Crippen LogP contribution in [0.15, 0.2) is 57.3 Å². The van der Waals surface area contributed by atoms with Crippen molar-refractivity contribution in [3.05, 3.63) is 52.4 Å². The van der Waals surface area contributed by atoms with E-state index in [1.807, 2.05) is 0 Å². The Hall–Kier alpha value is -1.14. The predicted octanol–water partition coefficient (Wildman–Crippen LogP) is 1.59. The highest BCUT2D eigenvalue weighted by atomic mass is 35.5. The van der Waals surface area contributed by atoms with Gasteiger partial charge >= 0.3 is 0 Å². The molecule has 0 amide bonds. The summed E-state index contributed by atoms with van der Waals surface area (Å²) >= 11 is 5.79. The fraction of sp³-hybridized carbons (Fsp3) is 0.231. The zero-order chi connectivity index (χ0) is 14.0. The number of allylic oxidation sites excluding steroid dienone is 2. The van der Waals surface area contributed by atoms with Crippen LogP contribution in [0.2, 0.25) is 0 Å². The lowest BCUT2D eigenvalue weighted by Gasteiger charge is -2.18. The van der Waals surface area contributed by atoms with Crippen molar-refractivity contribution in [3.8, 4) is 0 Å². The molecule has 0 spiro atoms. The minimum atomic E-state index is -3.84. The quantitative estimate of drug-likeness (QED) is 0.870. The molecule has 0 unspecified atom stereocenters. The van der Waals surface area contributed by atoms with E-state index in [9.17, 15) is 18.6 Å². The van der Waals surface area contributed by atoms with Crippen LogP contribution >= 0.6 is 11.6 Å². The van der Waals surface area contributed by atoms with Crippen molar-refractivity contribution in [3.63, 3.8) is 0 Å². The van der Waals surface area contributed by atoms with Crippen LogP contribution in [0.4, 0.5) is 0 Å². The summed E-state index contributed by atoms with van der Waals surface area (Å²) in [5.41, 5.74) is 0. The summed E-state index contributed by atoms with van der Waals surface area (Å²) in [6, 6.07) is 7.76. The molecule has 0 saturated carbocycles. The van der Waals surface area contributed by atoms with Crippen LogP contribution in [0.3, 0.4) is 0 Å². The summed E-state index contributed by atoms with van der Waals surface area (Å²) in [7, 11) is -3.84. The van der Waals surface area contributed by atoms with Gasteiger partial charge in [-0.1, -0.05) is 29.8 Å². The maximum absolute atomic E-state index is 12.4. The third kappa shape index (κ3) is 2.90. The molecule has 0 aliphatic heterocycles. The average Bonchev–Trinajstić information content (AvgIpc) is 2.51. The number of aliphatic hydroxyl groups excluding tert-OH is 2. The van der Waals surface area contributed by atoms with Gasteiger partial charge in [0.1, 0.15) is 6.10 Å². The van der Waals surface area contributed by atoms with Gasteiger partial charge < -0.3 is 10.2 Å². The molecule has 0 aromatic heterocycles. The monoisotopic (exact) mass is 300 g/mol. The third-order valence-corrected chi connectivity index (χ3v) is 5.02. The first kappa shape index (κ1) is 14.3. The Labute approximate surface area is 116 Å². The number of sulfone groups is 1. The first-order valence-corrected chi connectivity index (χ1v) is 7.51. The molecule has 1 aromatic rings. The van der Waals surface area contributed by atoms with E-state index in [2.05, 4.69) is 0 Å². The normalized spacial score (nSPS) is 24.4. The second kappa shape index (κ2) is 5.46. The zero-order valence-electron chi connectivity index (χ0n) is 9.90. The minimum Gasteiger partial charge on any atom is -0.390 e. The molecule has 2 N–H and O–H groups in total. The van der Waals surface area contributed by atoms with Gasteiger partial charge in [0.05, 0.1) is 15.9 Å². The van der Waals surface area contributed by atoms with E-state index in [-0.39, 0.29) is 16.2 Å². The van der Waals surface area contributed by atoms with Gasteiger partial charge in [0.15, 0.2) is 0 Å². The smallest absolute Gasteiger partial charge is 0.205 e. The Bertz CT molecular complexity index is 619. The minimum absolute atomic E-state index is 0.0209. The topological polar surface area (TPSA) is 74.6 Å². The summed E-state index contributed by atoms with van der Waals surface area (Å²) in [6.07, 6.45) is -0.0798. The van der Waals surface area contributed by atoms with Crippen molar-refractivity contribution in [1.82, 2.24) is 0 Å². The molecule has 1 aliphatic rings. The van der Waals surface area contributed by atoms with Crippen molar-refractivity contribution in [2.24, 2.45) is 0 Å². The van der Waals surface area contributed by atoms with Crippen LogP contribution in [0.1, 0.15) is 6.42 Å². The molecule has 6 heteroatoms. The molecule has 4 nitrogen and oxygen atoms in total. The number of halogens is 1. The van der Waals surface area contributed by atoms with Gasteiger partial charge in [-0.25, -0.2) is 8.42 Å². The second-order valence-corrected chi connectivity index (χ2v) is 6.65. The maximum Gasteiger partial charge on any atom is 0.205 e. The van der Waals surface area contributed by atoms with Crippen LogP contribution in [0.25, 0.3) is 0 Å². The molecule has 19 heavy (non-hydrogen) atoms. The average molecular weight is 301 g/mol. The van der Waals surface area contributed by atoms with Gasteiger partial charge in [-0.15, -0.1) is 0 Å². The summed E-state index contributed by atoms with van der Waals surface area (Å²) in [5, 5.41) is 20.0. The number of hydrogen-bond donors (Lipinski definition) is 2. The molecule has 1 aromatic carbocycles. The third-order valence-electron chi connectivity index (χ3n) is 2.85. The maximum atomic E-state index is 12.4. The Morgan fingerprint density at radius 1 is 1.11 bits per heavy atom. The van der Waals surface area contributed by atoms with E-state index in [4.69, 9.17) is 11.6 Å². The molecule has 0 fully saturated rings. The molecular formula is C13H13ClO4S. The lowest BCUT2D eigenvalue weighted by molar-refractivity contribution is 0.0483. The van der Waals surface area contributed by atoms with Crippen LogP contribution in [-0.4, -0.2) is 30.8 Å². The Morgan fingerprint density at radius 3 is 2.37 bits per heavy atom. The van der Waals surface area contributed by atoms with E-state index < -0.39 is 22.0 Å². The summed E-state index contributed by atoms with van der Waals surface area (Å²) in [4.78, 5) is -0.180. The van der Waals surface area contributed by atoms with E-state index >= 15 is 0 Å². The van der Waals surface area contributed by atoms with Crippen LogP contribution in [-0.2, 0) is 9.84 Å². The van der Waals surface area contributed by atoms with Crippen LogP contribution in [0.5, 0.6) is 0 Å². The van der Waals surface area contributed by atoms with E-state index in [1.165, 1.54) is 24.3 Å². The van der Waals surface area contributed by atoms with Gasteiger partial charge in [0.25, 0.3) is 0 Å². The zero-order valence-corrected chi connectivity index (χ0v) is 11.5. The highest BCUT2D eigenvalue weighted by Crippen LogP contribution is 2.28. The fourth-order valence-corrected chi connectivity index (χ4v) is 3.56. The van der Waals surface area contributed by atoms with Crippen molar-refractivity contribution in [2.45, 2.75) is 23.5 Å². The van der Waals surface area contributed by atoms with E-state index in [0.29, 0.717) is 5.03 Å². The molecule has 0 bridgehead atoms. The standard InChI is InChI=1S/C13H13ClO4S/c14-9-6-7-12(13(16)11(15)8-9)19(17,18)10-4-2-1-3-5-10/h1-7,11,13,15-16H,8H2/t11-,13-/m0/s1. The molecule has 0 heterocycles. The van der Waals surface area contributed by atoms with Crippen molar-refractivity contribution < 1.29 is 18.6 Å². The number of aliphatic hydroxyl groups is 2. The van der Waals surface area contributed by atoms with Gasteiger partial charge in [0, 0.05) is 11.5 Å². The van der Waals surface area contributed by atoms with Gasteiger partial charge in [0.2, 0.25) is 9.84 Å². The molecule has 102 valence electrons. The highest BCUT2D eigenvalue weighted by molar-refractivity contribution is 7.95. The molecule has 2 rings (SSSR count). The number of rotatable bonds is 2. The summed E-state index contributed by atoms with van der Waals surface area (Å²) in [5.74, 6) is 0. The number of hydrogen-bond acceptors (Lipinski definition) is 4. The van der Waals surface area contributed by atoms with E-state index in [0.717, 1.165) is 0 Å². The highest BCUT2D eigenvalue weighted by Gasteiger charge is 2.32. The first-order valence-electron chi connectivity index (χ1n) is 5.65. The van der Waals surface area contributed by atoms with Gasteiger partial charge in [-0.05, 0) is 24.3 Å². The Kier molecular flexibility index (Phi) is 4.10. The molecule has 2 atom stereocenters. The molecule has 0 radical (unpaired) electrons. The van der Waals surface area contributed by atoms with Crippen LogP contribution in [0, 0.1) is 0 Å².